The number of primary sulfonamides is 1. The summed E-state index contributed by atoms with van der Waals surface area (Å²) in [5, 5.41) is 8.20. The Morgan fingerprint density at radius 3 is 2.85 bits per heavy atom. The van der Waals surface area contributed by atoms with E-state index < -0.39 is 10.0 Å². The molecule has 1 fully saturated rings. The Bertz CT molecular complexity index is 252. The number of hydrogen-bond donors (Lipinski definition) is 2. The zero-order valence-corrected chi connectivity index (χ0v) is 8.68. The third-order valence-corrected chi connectivity index (χ3v) is 2.90. The highest BCUT2D eigenvalue weighted by Gasteiger charge is 2.16. The van der Waals surface area contributed by atoms with E-state index in [1.165, 1.54) is 0 Å². The van der Waals surface area contributed by atoms with Gasteiger partial charge in [0.2, 0.25) is 10.0 Å². The molecule has 0 aliphatic carbocycles. The standard InChI is InChI=1S/C7H17N3O2S/c1-7-6-10(3-2-9-7)4-5-13(8,11)12/h7,9H,2-6H2,1H3,(H2,8,11,12)/t7-/m1/s1. The first-order valence-electron chi connectivity index (χ1n) is 4.43. The molecule has 3 N–H and O–H groups in total. The molecule has 0 saturated carbocycles. The fourth-order valence-electron chi connectivity index (χ4n) is 1.47. The van der Waals surface area contributed by atoms with Crippen LogP contribution in [0, 0.1) is 0 Å². The molecule has 0 aromatic heterocycles. The van der Waals surface area contributed by atoms with Gasteiger partial charge in [0.15, 0.2) is 0 Å². The summed E-state index contributed by atoms with van der Waals surface area (Å²) >= 11 is 0. The van der Waals surface area contributed by atoms with Crippen LogP contribution in [0.1, 0.15) is 6.92 Å². The Balaban J connectivity index is 2.29. The molecule has 0 aromatic rings. The summed E-state index contributed by atoms with van der Waals surface area (Å²) < 4.78 is 21.4. The maximum atomic E-state index is 10.7. The van der Waals surface area contributed by atoms with Gasteiger partial charge >= 0.3 is 0 Å². The zero-order valence-electron chi connectivity index (χ0n) is 7.86. The Labute approximate surface area is 79.3 Å². The van der Waals surface area contributed by atoms with Crippen LogP contribution < -0.4 is 10.5 Å². The van der Waals surface area contributed by atoms with Gasteiger partial charge in [0.1, 0.15) is 0 Å². The quantitative estimate of drug-likeness (QED) is 0.595. The van der Waals surface area contributed by atoms with Crippen molar-refractivity contribution in [2.75, 3.05) is 31.9 Å². The number of piperazine rings is 1. The van der Waals surface area contributed by atoms with E-state index in [2.05, 4.69) is 17.1 Å². The summed E-state index contributed by atoms with van der Waals surface area (Å²) in [6.07, 6.45) is 0. The Kier molecular flexibility index (Phi) is 3.66. The molecule has 13 heavy (non-hydrogen) atoms. The lowest BCUT2D eigenvalue weighted by atomic mass is 10.2. The number of sulfonamides is 1. The smallest absolute Gasteiger partial charge is 0.210 e. The first-order chi connectivity index (χ1) is 5.97. The molecule has 5 nitrogen and oxygen atoms in total. The zero-order chi connectivity index (χ0) is 9.90. The fraction of sp³-hybridized carbons (Fsp3) is 1.00. The Hall–Kier alpha value is -0.170. The average molecular weight is 207 g/mol. The van der Waals surface area contributed by atoms with Crippen LogP contribution in [-0.2, 0) is 10.0 Å². The van der Waals surface area contributed by atoms with Gasteiger partial charge in [-0.15, -0.1) is 0 Å². The number of rotatable bonds is 3. The molecule has 0 aromatic carbocycles. The number of hydrogen-bond acceptors (Lipinski definition) is 4. The molecule has 1 atom stereocenters. The van der Waals surface area contributed by atoms with Crippen LogP contribution in [0.4, 0.5) is 0 Å². The summed E-state index contributed by atoms with van der Waals surface area (Å²) in [7, 11) is -3.30. The normalized spacial score (nSPS) is 26.2. The highest BCUT2D eigenvalue weighted by molar-refractivity contribution is 7.89. The van der Waals surface area contributed by atoms with E-state index in [9.17, 15) is 8.42 Å². The topological polar surface area (TPSA) is 75.4 Å². The molecule has 0 bridgehead atoms. The van der Waals surface area contributed by atoms with E-state index >= 15 is 0 Å². The van der Waals surface area contributed by atoms with Gasteiger partial charge in [-0.2, -0.15) is 0 Å². The molecule has 1 rings (SSSR count). The van der Waals surface area contributed by atoms with E-state index in [1.54, 1.807) is 0 Å². The molecule has 0 unspecified atom stereocenters. The van der Waals surface area contributed by atoms with Gasteiger partial charge in [-0.25, -0.2) is 13.6 Å². The summed E-state index contributed by atoms with van der Waals surface area (Å²) in [6, 6.07) is 0.439. The van der Waals surface area contributed by atoms with Crippen molar-refractivity contribution in [2.24, 2.45) is 5.14 Å². The third-order valence-electron chi connectivity index (χ3n) is 2.14. The Morgan fingerprint density at radius 2 is 2.31 bits per heavy atom. The van der Waals surface area contributed by atoms with Crippen LogP contribution in [0.2, 0.25) is 0 Å². The fourth-order valence-corrected chi connectivity index (χ4v) is 1.98. The van der Waals surface area contributed by atoms with Gasteiger partial charge in [0.05, 0.1) is 5.75 Å². The molecule has 6 heteroatoms. The van der Waals surface area contributed by atoms with Gasteiger partial charge in [-0.05, 0) is 6.92 Å². The number of nitrogens with two attached hydrogens (primary N) is 1. The van der Waals surface area contributed by atoms with Crippen molar-refractivity contribution in [1.82, 2.24) is 10.2 Å². The summed E-state index contributed by atoms with van der Waals surface area (Å²) in [5.41, 5.74) is 0. The van der Waals surface area contributed by atoms with Crippen LogP contribution >= 0.6 is 0 Å². The van der Waals surface area contributed by atoms with Gasteiger partial charge < -0.3 is 5.32 Å². The molecule has 0 spiro atoms. The SMILES string of the molecule is C[C@@H]1CN(CCS(N)(=O)=O)CCN1. The van der Waals surface area contributed by atoms with Crippen molar-refractivity contribution < 1.29 is 8.42 Å². The van der Waals surface area contributed by atoms with Crippen molar-refractivity contribution in [1.29, 1.82) is 0 Å². The molecule has 1 heterocycles. The molecular formula is C7H17N3O2S. The summed E-state index contributed by atoms with van der Waals surface area (Å²) in [6.45, 7) is 5.36. The first kappa shape index (κ1) is 10.9. The van der Waals surface area contributed by atoms with Gasteiger partial charge in [0.25, 0.3) is 0 Å². The van der Waals surface area contributed by atoms with E-state index in [0.29, 0.717) is 12.6 Å². The largest absolute Gasteiger partial charge is 0.312 e. The van der Waals surface area contributed by atoms with Crippen molar-refractivity contribution in [3.8, 4) is 0 Å². The maximum absolute atomic E-state index is 10.7. The average Bonchev–Trinajstić information content (AvgIpc) is 2.00. The lowest BCUT2D eigenvalue weighted by molar-refractivity contribution is 0.217. The number of nitrogens with one attached hydrogen (secondary N) is 1. The van der Waals surface area contributed by atoms with Crippen LogP contribution in [-0.4, -0.2) is 51.3 Å². The molecule has 0 amide bonds. The van der Waals surface area contributed by atoms with E-state index in [4.69, 9.17) is 5.14 Å². The number of nitrogens with zero attached hydrogens (tertiary/aromatic N) is 1. The molecule has 1 aliphatic rings. The highest BCUT2D eigenvalue weighted by atomic mass is 32.2. The van der Waals surface area contributed by atoms with Gasteiger partial charge in [0, 0.05) is 32.2 Å². The van der Waals surface area contributed by atoms with Crippen LogP contribution in [0.25, 0.3) is 0 Å². The Morgan fingerprint density at radius 1 is 1.62 bits per heavy atom. The van der Waals surface area contributed by atoms with Crippen molar-refractivity contribution in [2.45, 2.75) is 13.0 Å². The monoisotopic (exact) mass is 207 g/mol. The van der Waals surface area contributed by atoms with E-state index in [0.717, 1.165) is 19.6 Å². The van der Waals surface area contributed by atoms with Crippen LogP contribution in [0.15, 0.2) is 0 Å². The van der Waals surface area contributed by atoms with Gasteiger partial charge in [-0.1, -0.05) is 0 Å². The van der Waals surface area contributed by atoms with Crippen molar-refractivity contribution in [3.05, 3.63) is 0 Å². The summed E-state index contributed by atoms with van der Waals surface area (Å²) in [4.78, 5) is 2.12. The van der Waals surface area contributed by atoms with E-state index in [1.807, 2.05) is 0 Å². The predicted octanol–water partition coefficient (Wildman–Crippen LogP) is -1.43. The molecular weight excluding hydrogens is 190 g/mol. The third kappa shape index (κ3) is 4.56. The second-order valence-electron chi connectivity index (χ2n) is 3.52. The molecule has 1 saturated heterocycles. The molecule has 1 aliphatic heterocycles. The minimum atomic E-state index is -3.30. The van der Waals surface area contributed by atoms with Crippen molar-refractivity contribution >= 4 is 10.0 Å². The van der Waals surface area contributed by atoms with Crippen molar-refractivity contribution in [3.63, 3.8) is 0 Å². The molecule has 0 radical (unpaired) electrons. The summed E-state index contributed by atoms with van der Waals surface area (Å²) in [5.74, 6) is 0.0553. The maximum Gasteiger partial charge on any atom is 0.210 e. The lowest BCUT2D eigenvalue weighted by Gasteiger charge is -2.31. The highest BCUT2D eigenvalue weighted by Crippen LogP contribution is 1.98. The first-order valence-corrected chi connectivity index (χ1v) is 6.15. The second kappa shape index (κ2) is 4.36. The second-order valence-corrected chi connectivity index (χ2v) is 5.26. The van der Waals surface area contributed by atoms with Crippen LogP contribution in [0.5, 0.6) is 0 Å². The van der Waals surface area contributed by atoms with Gasteiger partial charge in [-0.3, -0.25) is 4.90 Å². The van der Waals surface area contributed by atoms with Crippen LogP contribution in [0.3, 0.4) is 0 Å². The predicted molar refractivity (Wildman–Crippen MR) is 51.9 cm³/mol. The minimum Gasteiger partial charge on any atom is -0.312 e. The molecule has 78 valence electrons. The minimum absolute atomic E-state index is 0.0553. The van der Waals surface area contributed by atoms with E-state index in [-0.39, 0.29) is 5.75 Å². The lowest BCUT2D eigenvalue weighted by Crippen LogP contribution is -2.50.